The highest BCUT2D eigenvalue weighted by Crippen LogP contribution is 2.24. The van der Waals surface area contributed by atoms with Crippen LogP contribution < -0.4 is 11.5 Å². The molecule has 0 aliphatic carbocycles. The second kappa shape index (κ2) is 6.78. The van der Waals surface area contributed by atoms with Gasteiger partial charge in [-0.2, -0.15) is 4.31 Å². The van der Waals surface area contributed by atoms with Crippen LogP contribution in [0.5, 0.6) is 0 Å². The van der Waals surface area contributed by atoms with Crippen molar-refractivity contribution in [1.29, 1.82) is 0 Å². The number of amides is 1. The lowest BCUT2D eigenvalue weighted by Crippen LogP contribution is -2.37. The molecule has 106 valence electrons. The summed E-state index contributed by atoms with van der Waals surface area (Å²) in [5.41, 5.74) is 11.3. The number of carbonyl (C=O) groups excluding carboxylic acids is 1. The first kappa shape index (κ1) is 15.8. The number of hydrogen-bond donors (Lipinski definition) is 2. The van der Waals surface area contributed by atoms with Crippen LogP contribution in [-0.4, -0.2) is 43.7 Å². The molecule has 0 radical (unpaired) electrons. The van der Waals surface area contributed by atoms with Crippen molar-refractivity contribution < 1.29 is 13.2 Å². The predicted octanol–water partition coefficient (Wildman–Crippen LogP) is 0.108. The smallest absolute Gasteiger partial charge is 0.232 e. The van der Waals surface area contributed by atoms with E-state index in [4.69, 9.17) is 11.5 Å². The van der Waals surface area contributed by atoms with Crippen molar-refractivity contribution in [2.45, 2.75) is 4.90 Å². The Morgan fingerprint density at radius 2 is 2.00 bits per heavy atom. The SMILES string of the molecule is CN(CC(N)=O)S(=O)(=O)CCSc1ccccc1N. The van der Waals surface area contributed by atoms with Crippen molar-refractivity contribution in [3.63, 3.8) is 0 Å². The minimum Gasteiger partial charge on any atom is -0.398 e. The molecule has 0 unspecified atom stereocenters. The van der Waals surface area contributed by atoms with Gasteiger partial charge in [-0.05, 0) is 12.1 Å². The van der Waals surface area contributed by atoms with Crippen LogP contribution >= 0.6 is 11.8 Å². The molecule has 0 saturated heterocycles. The minimum absolute atomic E-state index is 0.0736. The van der Waals surface area contributed by atoms with Crippen LogP contribution in [-0.2, 0) is 14.8 Å². The van der Waals surface area contributed by atoms with E-state index < -0.39 is 15.9 Å². The van der Waals surface area contributed by atoms with Gasteiger partial charge < -0.3 is 11.5 Å². The third-order valence-electron chi connectivity index (χ3n) is 2.37. The maximum absolute atomic E-state index is 11.8. The monoisotopic (exact) mass is 303 g/mol. The molecule has 0 spiro atoms. The third kappa shape index (κ3) is 5.09. The molecule has 0 aliphatic heterocycles. The molecule has 0 bridgehead atoms. The summed E-state index contributed by atoms with van der Waals surface area (Å²) in [5, 5.41) is 0. The number of nitrogens with two attached hydrogens (primary N) is 2. The summed E-state index contributed by atoms with van der Waals surface area (Å²) in [6, 6.07) is 7.25. The van der Waals surface area contributed by atoms with Gasteiger partial charge in [0.2, 0.25) is 15.9 Å². The first-order valence-corrected chi connectivity index (χ1v) is 8.12. The van der Waals surface area contributed by atoms with Gasteiger partial charge in [0.05, 0.1) is 12.3 Å². The average Bonchev–Trinajstić information content (AvgIpc) is 2.30. The quantitative estimate of drug-likeness (QED) is 0.549. The van der Waals surface area contributed by atoms with E-state index in [1.165, 1.54) is 18.8 Å². The van der Waals surface area contributed by atoms with E-state index in [2.05, 4.69) is 0 Å². The van der Waals surface area contributed by atoms with E-state index in [1.807, 2.05) is 18.2 Å². The van der Waals surface area contributed by atoms with E-state index in [9.17, 15) is 13.2 Å². The summed E-state index contributed by atoms with van der Waals surface area (Å²) < 4.78 is 24.6. The lowest BCUT2D eigenvalue weighted by molar-refractivity contribution is -0.118. The van der Waals surface area contributed by atoms with E-state index in [0.29, 0.717) is 11.4 Å². The fourth-order valence-electron chi connectivity index (χ4n) is 1.34. The number of sulfonamides is 1. The van der Waals surface area contributed by atoms with Crippen molar-refractivity contribution in [3.8, 4) is 0 Å². The molecular weight excluding hydrogens is 286 g/mol. The molecule has 8 heteroatoms. The lowest BCUT2D eigenvalue weighted by Gasteiger charge is -2.15. The van der Waals surface area contributed by atoms with Crippen LogP contribution in [0.25, 0.3) is 0 Å². The number of carbonyl (C=O) groups is 1. The molecule has 1 rings (SSSR count). The highest BCUT2D eigenvalue weighted by Gasteiger charge is 2.19. The molecule has 0 heterocycles. The Kier molecular flexibility index (Phi) is 5.64. The van der Waals surface area contributed by atoms with Crippen LogP contribution in [0.1, 0.15) is 0 Å². The van der Waals surface area contributed by atoms with Crippen LogP contribution in [0.3, 0.4) is 0 Å². The van der Waals surface area contributed by atoms with Crippen LogP contribution in [0.4, 0.5) is 5.69 Å². The van der Waals surface area contributed by atoms with Crippen molar-refractivity contribution in [2.24, 2.45) is 5.73 Å². The Bertz CT molecular complexity index is 546. The highest BCUT2D eigenvalue weighted by atomic mass is 32.2. The predicted molar refractivity (Wildman–Crippen MR) is 77.2 cm³/mol. The van der Waals surface area contributed by atoms with Gasteiger partial charge in [-0.3, -0.25) is 4.79 Å². The normalized spacial score (nSPS) is 11.7. The largest absolute Gasteiger partial charge is 0.398 e. The van der Waals surface area contributed by atoms with E-state index in [-0.39, 0.29) is 12.3 Å². The number of anilines is 1. The highest BCUT2D eigenvalue weighted by molar-refractivity contribution is 8.00. The van der Waals surface area contributed by atoms with Gasteiger partial charge in [-0.15, -0.1) is 11.8 Å². The number of para-hydroxylation sites is 1. The summed E-state index contributed by atoms with van der Waals surface area (Å²) in [7, 11) is -2.13. The second-order valence-electron chi connectivity index (χ2n) is 3.92. The van der Waals surface area contributed by atoms with E-state index in [1.54, 1.807) is 6.07 Å². The van der Waals surface area contributed by atoms with Crippen molar-refractivity contribution in [3.05, 3.63) is 24.3 Å². The first-order chi connectivity index (χ1) is 8.83. The topological polar surface area (TPSA) is 106 Å². The molecule has 19 heavy (non-hydrogen) atoms. The summed E-state index contributed by atoms with van der Waals surface area (Å²) >= 11 is 1.36. The van der Waals surface area contributed by atoms with E-state index in [0.717, 1.165) is 9.20 Å². The zero-order valence-corrected chi connectivity index (χ0v) is 12.2. The number of rotatable bonds is 7. The van der Waals surface area contributed by atoms with Crippen LogP contribution in [0.15, 0.2) is 29.2 Å². The average molecular weight is 303 g/mol. The van der Waals surface area contributed by atoms with Gasteiger partial charge in [0.15, 0.2) is 0 Å². The summed E-state index contributed by atoms with van der Waals surface area (Å²) in [4.78, 5) is 11.5. The Hall–Kier alpha value is -1.25. The van der Waals surface area contributed by atoms with Gasteiger partial charge >= 0.3 is 0 Å². The van der Waals surface area contributed by atoms with Crippen molar-refractivity contribution >= 4 is 33.4 Å². The van der Waals surface area contributed by atoms with Crippen molar-refractivity contribution in [1.82, 2.24) is 4.31 Å². The molecule has 1 aromatic rings. The fourth-order valence-corrected chi connectivity index (χ4v) is 3.78. The van der Waals surface area contributed by atoms with Gasteiger partial charge in [-0.25, -0.2) is 8.42 Å². The molecule has 1 aromatic carbocycles. The third-order valence-corrected chi connectivity index (χ3v) is 5.52. The number of hydrogen-bond acceptors (Lipinski definition) is 5. The maximum atomic E-state index is 11.8. The fraction of sp³-hybridized carbons (Fsp3) is 0.364. The second-order valence-corrected chi connectivity index (χ2v) is 7.26. The molecule has 6 nitrogen and oxygen atoms in total. The Morgan fingerprint density at radius 3 is 2.58 bits per heavy atom. The zero-order valence-electron chi connectivity index (χ0n) is 10.6. The molecular formula is C11H17N3O3S2. The maximum Gasteiger partial charge on any atom is 0.232 e. The van der Waals surface area contributed by atoms with Gasteiger partial charge in [0.25, 0.3) is 0 Å². The van der Waals surface area contributed by atoms with Crippen molar-refractivity contribution in [2.75, 3.05) is 30.8 Å². The lowest BCUT2D eigenvalue weighted by atomic mass is 10.3. The number of benzene rings is 1. The van der Waals surface area contributed by atoms with Gasteiger partial charge in [-0.1, -0.05) is 12.1 Å². The summed E-state index contributed by atoms with van der Waals surface area (Å²) in [6.07, 6.45) is 0. The number of thioether (sulfide) groups is 1. The number of nitrogens with zero attached hydrogens (tertiary/aromatic N) is 1. The number of nitrogen functional groups attached to an aromatic ring is 1. The van der Waals surface area contributed by atoms with Crippen LogP contribution in [0, 0.1) is 0 Å². The molecule has 0 saturated carbocycles. The molecule has 0 aliphatic rings. The van der Waals surface area contributed by atoms with E-state index >= 15 is 0 Å². The molecule has 0 aromatic heterocycles. The molecule has 0 atom stereocenters. The zero-order chi connectivity index (χ0) is 14.5. The Balaban J connectivity index is 2.53. The molecule has 1 amide bonds. The Labute approximate surface area is 117 Å². The molecule has 4 N–H and O–H groups in total. The first-order valence-electron chi connectivity index (χ1n) is 5.52. The summed E-state index contributed by atoms with van der Waals surface area (Å²) in [6.45, 7) is -0.305. The van der Waals surface area contributed by atoms with Gasteiger partial charge in [0.1, 0.15) is 0 Å². The minimum atomic E-state index is -3.47. The van der Waals surface area contributed by atoms with Crippen LogP contribution in [0.2, 0.25) is 0 Å². The number of primary amides is 1. The molecule has 0 fully saturated rings. The number of likely N-dealkylation sites (N-methyl/N-ethyl adjacent to an activating group) is 1. The summed E-state index contributed by atoms with van der Waals surface area (Å²) in [5.74, 6) is -0.388. The standard InChI is InChI=1S/C11H17N3O3S2/c1-14(8-11(13)15)19(16,17)7-6-18-10-5-3-2-4-9(10)12/h2-5H,6-8,12H2,1H3,(H2,13,15). The Morgan fingerprint density at radius 1 is 1.37 bits per heavy atom. The van der Waals surface area contributed by atoms with Gasteiger partial charge in [0, 0.05) is 23.4 Å².